The predicted octanol–water partition coefficient (Wildman–Crippen LogP) is 0.638. The van der Waals surface area contributed by atoms with Crippen LogP contribution in [0.3, 0.4) is 0 Å². The number of carbonyl (C=O) groups excluding carboxylic acids is 4. The molecule has 1 fully saturated rings. The second-order valence-electron chi connectivity index (χ2n) is 6.56. The van der Waals surface area contributed by atoms with Gasteiger partial charge in [0.15, 0.2) is 0 Å². The maximum absolute atomic E-state index is 12.6. The summed E-state index contributed by atoms with van der Waals surface area (Å²) < 4.78 is 0. The van der Waals surface area contributed by atoms with Crippen molar-refractivity contribution in [3.8, 4) is 0 Å². The number of hydrogen-bond donors (Lipinski definition) is 3. The van der Waals surface area contributed by atoms with Crippen molar-refractivity contribution in [3.63, 3.8) is 0 Å². The summed E-state index contributed by atoms with van der Waals surface area (Å²) in [4.78, 5) is 48.0. The van der Waals surface area contributed by atoms with Crippen LogP contribution in [-0.2, 0) is 14.4 Å². The number of nitrogens with one attached hydrogen (secondary N) is 2. The molecule has 0 spiro atoms. The second kappa shape index (κ2) is 8.62. The minimum atomic E-state index is -0.808. The van der Waals surface area contributed by atoms with Gasteiger partial charge in [-0.15, -0.1) is 0 Å². The summed E-state index contributed by atoms with van der Waals surface area (Å²) in [7, 11) is 0. The van der Waals surface area contributed by atoms with Gasteiger partial charge in [-0.2, -0.15) is 0 Å². The van der Waals surface area contributed by atoms with E-state index < -0.39 is 23.9 Å². The van der Waals surface area contributed by atoms with Crippen LogP contribution in [0.2, 0.25) is 0 Å². The number of amides is 5. The minimum absolute atomic E-state index is 0.104. The van der Waals surface area contributed by atoms with E-state index in [1.54, 1.807) is 13.8 Å². The topological polar surface area (TPSA) is 119 Å². The number of nitrogens with zero attached hydrogens (tertiary/aromatic N) is 2. The quantitative estimate of drug-likeness (QED) is 0.340. The van der Waals surface area contributed by atoms with Gasteiger partial charge in [-0.1, -0.05) is 27.7 Å². The van der Waals surface area contributed by atoms with Crippen LogP contribution in [0.1, 0.15) is 47.0 Å². The Hall–Kier alpha value is -2.16. The van der Waals surface area contributed by atoms with Crippen molar-refractivity contribution in [3.05, 3.63) is 0 Å². The Morgan fingerprint density at radius 3 is 2.38 bits per heavy atom. The third-order valence-electron chi connectivity index (χ3n) is 3.76. The normalized spacial score (nSPS) is 17.5. The Bertz CT molecular complexity index is 506. The highest BCUT2D eigenvalue weighted by Gasteiger charge is 2.45. The van der Waals surface area contributed by atoms with E-state index in [0.717, 1.165) is 10.0 Å². The highest BCUT2D eigenvalue weighted by molar-refractivity contribution is 6.04. The number of hydroxylamine groups is 1. The van der Waals surface area contributed by atoms with Gasteiger partial charge in [-0.05, 0) is 18.3 Å². The van der Waals surface area contributed by atoms with Crippen molar-refractivity contribution in [2.24, 2.45) is 11.8 Å². The molecule has 0 saturated carbocycles. The van der Waals surface area contributed by atoms with Crippen LogP contribution in [0.4, 0.5) is 4.79 Å². The molecule has 3 N–H and O–H groups in total. The lowest BCUT2D eigenvalue weighted by Gasteiger charge is -2.35. The summed E-state index contributed by atoms with van der Waals surface area (Å²) in [6.07, 6.45) is 0.630. The van der Waals surface area contributed by atoms with Gasteiger partial charge < -0.3 is 0 Å². The SMILES string of the molecule is CC(C)CCC(=O)N(CCC(=O)NO)N1C(=O)NC(=O)[C@@H]1C(C)C. The zero-order valence-electron chi connectivity index (χ0n) is 14.5. The molecule has 0 aromatic carbocycles. The molecular formula is C15H26N4O5. The van der Waals surface area contributed by atoms with Crippen LogP contribution in [0, 0.1) is 11.8 Å². The summed E-state index contributed by atoms with van der Waals surface area (Å²) >= 11 is 0. The van der Waals surface area contributed by atoms with E-state index in [-0.39, 0.29) is 31.2 Å². The number of hydrogen-bond acceptors (Lipinski definition) is 5. The molecule has 0 aliphatic carbocycles. The molecule has 24 heavy (non-hydrogen) atoms. The van der Waals surface area contributed by atoms with Gasteiger partial charge in [0.05, 0.1) is 6.54 Å². The molecule has 1 rings (SSSR count). The van der Waals surface area contributed by atoms with Crippen molar-refractivity contribution in [1.29, 1.82) is 0 Å². The molecule has 1 aliphatic rings. The summed E-state index contributed by atoms with van der Waals surface area (Å²) in [6, 6.07) is -1.49. The predicted molar refractivity (Wildman–Crippen MR) is 84.3 cm³/mol. The molecule has 9 nitrogen and oxygen atoms in total. The maximum atomic E-state index is 12.6. The van der Waals surface area contributed by atoms with Gasteiger partial charge in [0.25, 0.3) is 5.91 Å². The largest absolute Gasteiger partial charge is 0.343 e. The Kier molecular flexibility index (Phi) is 7.15. The van der Waals surface area contributed by atoms with Crippen molar-refractivity contribution < 1.29 is 24.4 Å². The monoisotopic (exact) mass is 342 g/mol. The van der Waals surface area contributed by atoms with E-state index >= 15 is 0 Å². The van der Waals surface area contributed by atoms with Crippen molar-refractivity contribution >= 4 is 23.8 Å². The molecule has 136 valence electrons. The summed E-state index contributed by atoms with van der Waals surface area (Å²) in [5.41, 5.74) is 1.49. The van der Waals surface area contributed by atoms with Gasteiger partial charge in [-0.25, -0.2) is 20.3 Å². The average Bonchev–Trinajstić information content (AvgIpc) is 2.79. The molecule has 9 heteroatoms. The van der Waals surface area contributed by atoms with E-state index in [9.17, 15) is 19.2 Å². The Morgan fingerprint density at radius 2 is 1.88 bits per heavy atom. The van der Waals surface area contributed by atoms with E-state index in [2.05, 4.69) is 5.32 Å². The lowest BCUT2D eigenvalue weighted by atomic mass is 10.0. The summed E-state index contributed by atoms with van der Waals surface area (Å²) in [6.45, 7) is 7.38. The van der Waals surface area contributed by atoms with Crippen LogP contribution in [-0.4, -0.2) is 51.6 Å². The van der Waals surface area contributed by atoms with Crippen molar-refractivity contribution in [1.82, 2.24) is 20.8 Å². The fourth-order valence-electron chi connectivity index (χ4n) is 2.48. The van der Waals surface area contributed by atoms with Gasteiger partial charge >= 0.3 is 6.03 Å². The average molecular weight is 342 g/mol. The molecule has 0 bridgehead atoms. The van der Waals surface area contributed by atoms with Crippen LogP contribution in [0.15, 0.2) is 0 Å². The van der Waals surface area contributed by atoms with E-state index in [1.807, 2.05) is 13.8 Å². The third-order valence-corrected chi connectivity index (χ3v) is 3.76. The van der Waals surface area contributed by atoms with Gasteiger partial charge in [0.1, 0.15) is 6.04 Å². The molecular weight excluding hydrogens is 316 g/mol. The van der Waals surface area contributed by atoms with Crippen LogP contribution in [0.5, 0.6) is 0 Å². The first kappa shape index (κ1) is 19.9. The molecule has 0 unspecified atom stereocenters. The van der Waals surface area contributed by atoms with Crippen molar-refractivity contribution in [2.45, 2.75) is 53.0 Å². The Labute approximate surface area is 141 Å². The molecule has 0 radical (unpaired) electrons. The molecule has 1 heterocycles. The number of imide groups is 1. The Balaban J connectivity index is 3.00. The molecule has 1 saturated heterocycles. The Morgan fingerprint density at radius 1 is 1.25 bits per heavy atom. The van der Waals surface area contributed by atoms with E-state index in [1.165, 1.54) is 5.48 Å². The third kappa shape index (κ3) is 4.92. The first-order chi connectivity index (χ1) is 11.2. The van der Waals surface area contributed by atoms with E-state index in [0.29, 0.717) is 12.3 Å². The van der Waals surface area contributed by atoms with Gasteiger partial charge in [-0.3, -0.25) is 24.9 Å². The smallest absolute Gasteiger partial charge is 0.289 e. The standard InChI is InChI=1S/C15H26N4O5/c1-9(2)5-6-12(21)18(8-7-11(20)17-24)19-13(10(3)4)14(22)16-15(19)23/h9-10,13,24H,5-8H2,1-4H3,(H,17,20)(H,16,22,23)/t13-/m0/s1. The number of rotatable bonds is 8. The lowest BCUT2D eigenvalue weighted by molar-refractivity contribution is -0.150. The number of hydrazine groups is 1. The summed E-state index contributed by atoms with van der Waals surface area (Å²) in [5, 5.41) is 13.1. The highest BCUT2D eigenvalue weighted by Crippen LogP contribution is 2.21. The van der Waals surface area contributed by atoms with Gasteiger partial charge in [0.2, 0.25) is 11.8 Å². The maximum Gasteiger partial charge on any atom is 0.343 e. The zero-order valence-corrected chi connectivity index (χ0v) is 14.5. The second-order valence-corrected chi connectivity index (χ2v) is 6.56. The summed E-state index contributed by atoms with van der Waals surface area (Å²) in [5.74, 6) is -1.40. The molecule has 0 aromatic rings. The van der Waals surface area contributed by atoms with Gasteiger partial charge in [0, 0.05) is 12.8 Å². The first-order valence-electron chi connectivity index (χ1n) is 8.06. The number of urea groups is 1. The fraction of sp³-hybridized carbons (Fsp3) is 0.733. The van der Waals surface area contributed by atoms with E-state index in [4.69, 9.17) is 5.21 Å². The minimum Gasteiger partial charge on any atom is -0.289 e. The van der Waals surface area contributed by atoms with Crippen LogP contribution >= 0.6 is 0 Å². The molecule has 5 amide bonds. The molecule has 0 aromatic heterocycles. The van der Waals surface area contributed by atoms with Crippen LogP contribution in [0.25, 0.3) is 0 Å². The molecule has 1 atom stereocenters. The lowest BCUT2D eigenvalue weighted by Crippen LogP contribution is -2.54. The highest BCUT2D eigenvalue weighted by atomic mass is 16.5. The van der Waals surface area contributed by atoms with Crippen molar-refractivity contribution in [2.75, 3.05) is 6.54 Å². The zero-order chi connectivity index (χ0) is 18.4. The van der Waals surface area contributed by atoms with Crippen LogP contribution < -0.4 is 10.8 Å². The molecule has 1 aliphatic heterocycles. The number of carbonyl (C=O) groups is 4. The fourth-order valence-corrected chi connectivity index (χ4v) is 2.48. The first-order valence-corrected chi connectivity index (χ1v) is 8.06.